The molecule has 0 atom stereocenters. The molecule has 0 saturated carbocycles. The molecule has 0 unspecified atom stereocenters. The van der Waals surface area contributed by atoms with Crippen LogP contribution in [0, 0.1) is 6.92 Å². The minimum atomic E-state index is -4.71. The second-order valence-electron chi connectivity index (χ2n) is 6.80. The van der Waals surface area contributed by atoms with Gasteiger partial charge in [-0.25, -0.2) is 9.98 Å². The van der Waals surface area contributed by atoms with Gasteiger partial charge in [0.2, 0.25) is 11.6 Å². The van der Waals surface area contributed by atoms with Crippen LogP contribution in [0.2, 0.25) is 0 Å². The molecule has 0 spiro atoms. The van der Waals surface area contributed by atoms with Gasteiger partial charge < -0.3 is 4.90 Å². The molecular weight excluding hydrogens is 409 g/mol. The number of aromatic nitrogens is 5. The Bertz CT molecular complexity index is 1160. The summed E-state index contributed by atoms with van der Waals surface area (Å²) in [6.07, 6.45) is -0.470. The van der Waals surface area contributed by atoms with Crippen molar-refractivity contribution in [2.45, 2.75) is 26.9 Å². The van der Waals surface area contributed by atoms with Crippen molar-refractivity contribution in [3.05, 3.63) is 48.2 Å². The van der Waals surface area contributed by atoms with Crippen LogP contribution in [0.25, 0.3) is 11.5 Å². The lowest BCUT2D eigenvalue weighted by molar-refractivity contribution is -0.0567. The van der Waals surface area contributed by atoms with Crippen molar-refractivity contribution in [3.8, 4) is 11.5 Å². The second kappa shape index (κ2) is 7.89. The highest BCUT2D eigenvalue weighted by Gasteiger charge is 2.46. The van der Waals surface area contributed by atoms with E-state index in [0.717, 1.165) is 29.0 Å². The Kier molecular flexibility index (Phi) is 5.25. The molecule has 2 aromatic heterocycles. The Morgan fingerprint density at radius 3 is 2.42 bits per heavy atom. The highest BCUT2D eigenvalue weighted by Crippen LogP contribution is 2.31. The van der Waals surface area contributed by atoms with Crippen LogP contribution in [0.15, 0.2) is 46.9 Å². The fourth-order valence-electron chi connectivity index (χ4n) is 3.31. The fourth-order valence-corrected chi connectivity index (χ4v) is 3.31. The van der Waals surface area contributed by atoms with Crippen molar-refractivity contribution in [1.82, 2.24) is 24.8 Å². The van der Waals surface area contributed by atoms with Crippen LogP contribution in [-0.2, 0) is 0 Å². The number of hydrogen-bond acceptors (Lipinski definition) is 7. The predicted molar refractivity (Wildman–Crippen MR) is 111 cm³/mol. The molecule has 1 aliphatic rings. The zero-order chi connectivity index (χ0) is 22.2. The molecule has 1 aromatic carbocycles. The summed E-state index contributed by atoms with van der Waals surface area (Å²) in [7, 11) is 0. The van der Waals surface area contributed by atoms with E-state index in [2.05, 4.69) is 35.2 Å². The monoisotopic (exact) mass is 428 g/mol. The van der Waals surface area contributed by atoms with E-state index < -0.39 is 11.9 Å². The maximum atomic E-state index is 13.7. The second-order valence-corrected chi connectivity index (χ2v) is 6.80. The lowest BCUT2D eigenvalue weighted by Crippen LogP contribution is -2.29. The predicted octanol–water partition coefficient (Wildman–Crippen LogP) is 3.79. The van der Waals surface area contributed by atoms with Gasteiger partial charge in [0.05, 0.1) is 11.9 Å². The van der Waals surface area contributed by atoms with E-state index >= 15 is 0 Å². The van der Waals surface area contributed by atoms with E-state index in [9.17, 15) is 13.2 Å². The van der Waals surface area contributed by atoms with Gasteiger partial charge in [0.1, 0.15) is 11.4 Å². The third kappa shape index (κ3) is 3.78. The zero-order valence-corrected chi connectivity index (χ0v) is 17.1. The molecule has 3 heterocycles. The van der Waals surface area contributed by atoms with E-state index in [1.54, 1.807) is 6.07 Å². The van der Waals surface area contributed by atoms with E-state index in [4.69, 9.17) is 0 Å². The highest BCUT2D eigenvalue weighted by atomic mass is 19.4. The van der Waals surface area contributed by atoms with Crippen molar-refractivity contribution >= 4 is 22.8 Å². The van der Waals surface area contributed by atoms with E-state index in [-0.39, 0.29) is 23.1 Å². The van der Waals surface area contributed by atoms with Crippen LogP contribution in [0.1, 0.15) is 25.2 Å². The smallest absolute Gasteiger partial charge is 0.372 e. The number of hydrogen-bond donors (Lipinski definition) is 0. The van der Waals surface area contributed by atoms with Gasteiger partial charge in [0, 0.05) is 31.2 Å². The van der Waals surface area contributed by atoms with Crippen LogP contribution < -0.4 is 4.90 Å². The van der Waals surface area contributed by atoms with Gasteiger partial charge >= 0.3 is 6.18 Å². The Morgan fingerprint density at radius 2 is 1.81 bits per heavy atom. The number of aryl methyl sites for hydroxylation is 1. The SMILES string of the molecule is CCN(CC)c1ccc(/N=C2/C(C(F)(F)F)=Nn3c2nnc3-c2cnccn2)c(C)c1. The van der Waals surface area contributed by atoms with Gasteiger partial charge in [-0.05, 0) is 44.5 Å². The van der Waals surface area contributed by atoms with Crippen molar-refractivity contribution in [3.63, 3.8) is 0 Å². The Balaban J connectivity index is 1.81. The number of alkyl halides is 3. The third-order valence-electron chi connectivity index (χ3n) is 4.88. The first-order valence-electron chi connectivity index (χ1n) is 9.66. The third-order valence-corrected chi connectivity index (χ3v) is 4.88. The highest BCUT2D eigenvalue weighted by molar-refractivity contribution is 6.51. The molecular formula is C20H19F3N8. The van der Waals surface area contributed by atoms with Crippen LogP contribution in [0.4, 0.5) is 24.5 Å². The maximum Gasteiger partial charge on any atom is 0.437 e. The molecule has 0 aliphatic carbocycles. The van der Waals surface area contributed by atoms with E-state index in [0.29, 0.717) is 5.69 Å². The van der Waals surface area contributed by atoms with E-state index in [1.165, 1.54) is 18.6 Å². The number of fused-ring (bicyclic) bond motifs is 1. The van der Waals surface area contributed by atoms with Crippen molar-refractivity contribution in [1.29, 1.82) is 0 Å². The van der Waals surface area contributed by atoms with Crippen molar-refractivity contribution in [2.75, 3.05) is 18.0 Å². The van der Waals surface area contributed by atoms with Crippen LogP contribution in [-0.4, -0.2) is 55.5 Å². The van der Waals surface area contributed by atoms with Crippen LogP contribution in [0.3, 0.4) is 0 Å². The molecule has 0 radical (unpaired) electrons. The maximum absolute atomic E-state index is 13.7. The zero-order valence-electron chi connectivity index (χ0n) is 17.1. The summed E-state index contributed by atoms with van der Waals surface area (Å²) in [6, 6.07) is 5.45. The summed E-state index contributed by atoms with van der Waals surface area (Å²) in [4.78, 5) is 14.4. The normalized spacial score (nSPS) is 14.6. The Labute approximate surface area is 176 Å². The molecule has 0 bridgehead atoms. The first-order valence-corrected chi connectivity index (χ1v) is 9.66. The summed E-state index contributed by atoms with van der Waals surface area (Å²) in [5.74, 6) is -0.0381. The van der Waals surface area contributed by atoms with Crippen molar-refractivity contribution < 1.29 is 13.2 Å². The summed E-state index contributed by atoms with van der Waals surface area (Å²) in [5.41, 5.74) is 0.873. The Morgan fingerprint density at radius 1 is 1.06 bits per heavy atom. The number of benzene rings is 1. The van der Waals surface area contributed by atoms with Gasteiger partial charge in [-0.1, -0.05) is 0 Å². The first-order chi connectivity index (χ1) is 14.8. The Hall–Kier alpha value is -3.63. The minimum Gasteiger partial charge on any atom is -0.372 e. The summed E-state index contributed by atoms with van der Waals surface area (Å²) in [5, 5.41) is 11.6. The van der Waals surface area contributed by atoms with E-state index in [1.807, 2.05) is 32.9 Å². The summed E-state index contributed by atoms with van der Waals surface area (Å²) < 4.78 is 42.2. The number of aliphatic imine (C=N–C) groups is 1. The average Bonchev–Trinajstić information content (AvgIpc) is 3.31. The average molecular weight is 428 g/mol. The van der Waals surface area contributed by atoms with Gasteiger partial charge in [0.15, 0.2) is 5.71 Å². The molecule has 0 amide bonds. The fraction of sp³-hybridized carbons (Fsp3) is 0.300. The molecule has 4 rings (SSSR count). The molecule has 3 aromatic rings. The molecule has 11 heteroatoms. The topological polar surface area (TPSA) is 84.5 Å². The summed E-state index contributed by atoms with van der Waals surface area (Å²) >= 11 is 0. The molecule has 160 valence electrons. The lowest BCUT2D eigenvalue weighted by Gasteiger charge is -2.21. The standard InChI is InChI=1S/C20H19F3N8/c1-4-30(5-2)13-6-7-14(12(3)10-13)26-16-17(20(21,22)23)29-31-18(27-28-19(16)31)15-11-24-8-9-25-15/h6-11H,4-5H2,1-3H3/b26-16-. The number of anilines is 1. The van der Waals surface area contributed by atoms with Crippen LogP contribution in [0.5, 0.6) is 0 Å². The molecule has 8 nitrogen and oxygen atoms in total. The lowest BCUT2D eigenvalue weighted by atomic mass is 10.1. The largest absolute Gasteiger partial charge is 0.437 e. The summed E-state index contributed by atoms with van der Waals surface area (Å²) in [6.45, 7) is 7.53. The van der Waals surface area contributed by atoms with Crippen molar-refractivity contribution in [2.24, 2.45) is 10.1 Å². The van der Waals surface area contributed by atoms with Gasteiger partial charge in [-0.3, -0.25) is 4.98 Å². The number of rotatable bonds is 5. The van der Waals surface area contributed by atoms with Gasteiger partial charge in [0.25, 0.3) is 0 Å². The molecule has 0 fully saturated rings. The van der Waals surface area contributed by atoms with Crippen LogP contribution >= 0.6 is 0 Å². The molecule has 1 aliphatic heterocycles. The molecule has 0 N–H and O–H groups in total. The molecule has 0 saturated heterocycles. The minimum absolute atomic E-state index is 0.0589. The van der Waals surface area contributed by atoms with Gasteiger partial charge in [-0.2, -0.15) is 22.9 Å². The quantitative estimate of drug-likeness (QED) is 0.617. The first kappa shape index (κ1) is 20.6. The number of nitrogens with zero attached hydrogens (tertiary/aromatic N) is 8. The van der Waals surface area contributed by atoms with Gasteiger partial charge in [-0.15, -0.1) is 10.2 Å². The molecule has 31 heavy (non-hydrogen) atoms. The number of halogens is 3.